The first kappa shape index (κ1) is 12.9. The molecule has 0 spiro atoms. The molecule has 5 heteroatoms. The third-order valence-corrected chi connectivity index (χ3v) is 3.95. The molecule has 2 aromatic rings. The van der Waals surface area contributed by atoms with Crippen LogP contribution in [0, 0.1) is 6.92 Å². The van der Waals surface area contributed by atoms with Crippen LogP contribution < -0.4 is 0 Å². The van der Waals surface area contributed by atoms with Crippen molar-refractivity contribution in [3.8, 4) is 0 Å². The van der Waals surface area contributed by atoms with Crippen LogP contribution in [0.2, 0.25) is 5.15 Å². The predicted molar refractivity (Wildman–Crippen MR) is 75.2 cm³/mol. The van der Waals surface area contributed by atoms with Gasteiger partial charge in [-0.2, -0.15) is 0 Å². The minimum Gasteiger partial charge on any atom is -0.357 e. The molecule has 3 rings (SSSR count). The number of likely N-dealkylation sites (tertiary alicyclic amines) is 1. The monoisotopic (exact) mass is 281 g/mol. The summed E-state index contributed by atoms with van der Waals surface area (Å²) in [5.41, 5.74) is 3.04. The second-order valence-corrected chi connectivity index (χ2v) is 5.62. The molecule has 2 aromatic heterocycles. The van der Waals surface area contributed by atoms with Crippen molar-refractivity contribution >= 4 is 22.5 Å². The highest BCUT2D eigenvalue weighted by atomic mass is 35.5. The Morgan fingerprint density at radius 3 is 2.89 bits per heavy atom. The third kappa shape index (κ3) is 2.74. The topological polar surface area (TPSA) is 31.9 Å². The molecule has 3 nitrogen and oxygen atoms in total. The Kier molecular flexibility index (Phi) is 3.46. The zero-order valence-electron chi connectivity index (χ0n) is 10.9. The van der Waals surface area contributed by atoms with Gasteiger partial charge in [-0.3, -0.25) is 4.90 Å². The van der Waals surface area contributed by atoms with Gasteiger partial charge >= 0.3 is 0 Å². The maximum absolute atomic E-state index is 13.1. The van der Waals surface area contributed by atoms with E-state index in [-0.39, 0.29) is 0 Å². The highest BCUT2D eigenvalue weighted by Crippen LogP contribution is 2.24. The Labute approximate surface area is 116 Å². The summed E-state index contributed by atoms with van der Waals surface area (Å²) in [6.45, 7) is 4.39. The number of pyridine rings is 1. The number of halogens is 2. The summed E-state index contributed by atoms with van der Waals surface area (Å²) >= 11 is 6.14. The molecule has 102 valence electrons. The van der Waals surface area contributed by atoms with Gasteiger partial charge in [0.1, 0.15) is 11.3 Å². The number of hydrogen-bond acceptors (Lipinski definition) is 2. The van der Waals surface area contributed by atoms with Gasteiger partial charge in [0.05, 0.1) is 5.52 Å². The van der Waals surface area contributed by atoms with E-state index in [1.165, 1.54) is 0 Å². The smallest absolute Gasteiger partial charge is 0.138 e. The van der Waals surface area contributed by atoms with Crippen molar-refractivity contribution in [3.63, 3.8) is 0 Å². The van der Waals surface area contributed by atoms with E-state index >= 15 is 0 Å². The minimum absolute atomic E-state index is 0.542. The first-order valence-electron chi connectivity index (χ1n) is 6.63. The molecule has 0 unspecified atom stereocenters. The molecule has 1 aliphatic rings. The molecular formula is C14H17ClFN3. The average Bonchev–Trinajstić information content (AvgIpc) is 2.75. The van der Waals surface area contributed by atoms with Crippen molar-refractivity contribution in [3.05, 3.63) is 28.7 Å². The molecule has 0 atom stereocenters. The summed E-state index contributed by atoms with van der Waals surface area (Å²) in [6, 6.07) is 4.05. The van der Waals surface area contributed by atoms with Crippen LogP contribution in [0.15, 0.2) is 12.1 Å². The first-order valence-corrected chi connectivity index (χ1v) is 7.01. The van der Waals surface area contributed by atoms with E-state index in [0.29, 0.717) is 18.0 Å². The average molecular weight is 282 g/mol. The van der Waals surface area contributed by atoms with Crippen LogP contribution >= 0.6 is 11.6 Å². The van der Waals surface area contributed by atoms with Gasteiger partial charge in [0.15, 0.2) is 0 Å². The summed E-state index contributed by atoms with van der Waals surface area (Å²) < 4.78 is 13.1. The van der Waals surface area contributed by atoms with Gasteiger partial charge in [-0.05, 0) is 31.9 Å². The molecular weight excluding hydrogens is 265 g/mol. The minimum atomic E-state index is -0.625. The molecule has 0 amide bonds. The number of hydrogen-bond donors (Lipinski definition) is 1. The fourth-order valence-corrected chi connectivity index (χ4v) is 2.94. The molecule has 0 radical (unpaired) electrons. The number of aromatic nitrogens is 2. The lowest BCUT2D eigenvalue weighted by atomic mass is 10.1. The van der Waals surface area contributed by atoms with Crippen LogP contribution in [-0.2, 0) is 6.54 Å². The van der Waals surface area contributed by atoms with Crippen LogP contribution in [0.1, 0.15) is 24.2 Å². The lowest BCUT2D eigenvalue weighted by Crippen LogP contribution is -2.33. The Morgan fingerprint density at radius 1 is 1.42 bits per heavy atom. The van der Waals surface area contributed by atoms with Gasteiger partial charge in [-0.15, -0.1) is 0 Å². The number of piperidine rings is 1. The summed E-state index contributed by atoms with van der Waals surface area (Å²) in [4.78, 5) is 9.90. The van der Waals surface area contributed by atoms with Crippen LogP contribution in [0.5, 0.6) is 0 Å². The fourth-order valence-electron chi connectivity index (χ4n) is 2.65. The van der Waals surface area contributed by atoms with Crippen molar-refractivity contribution in [2.45, 2.75) is 32.5 Å². The summed E-state index contributed by atoms with van der Waals surface area (Å²) in [7, 11) is 0. The quantitative estimate of drug-likeness (QED) is 0.855. The number of fused-ring (bicyclic) bond motifs is 1. The van der Waals surface area contributed by atoms with Gasteiger partial charge in [0.2, 0.25) is 0 Å². The highest BCUT2D eigenvalue weighted by Gasteiger charge is 2.19. The molecule has 1 N–H and O–H groups in total. The highest BCUT2D eigenvalue weighted by molar-refractivity contribution is 6.34. The molecule has 0 aromatic carbocycles. The van der Waals surface area contributed by atoms with E-state index < -0.39 is 6.17 Å². The van der Waals surface area contributed by atoms with E-state index in [1.54, 1.807) is 0 Å². The molecule has 1 fully saturated rings. The second kappa shape index (κ2) is 5.10. The summed E-state index contributed by atoms with van der Waals surface area (Å²) in [5.74, 6) is 0. The predicted octanol–water partition coefficient (Wildman–Crippen LogP) is 3.46. The fraction of sp³-hybridized carbons (Fsp3) is 0.500. The summed E-state index contributed by atoms with van der Waals surface area (Å²) in [5, 5.41) is 1.50. The Bertz CT molecular complexity index is 588. The molecule has 0 bridgehead atoms. The van der Waals surface area contributed by atoms with Crippen LogP contribution in [0.4, 0.5) is 4.39 Å². The molecule has 0 saturated carbocycles. The number of aromatic amines is 1. The number of H-pyrrole nitrogens is 1. The number of aryl methyl sites for hydroxylation is 1. The van der Waals surface area contributed by atoms with Gasteiger partial charge in [0, 0.05) is 36.4 Å². The lowest BCUT2D eigenvalue weighted by Gasteiger charge is -2.27. The van der Waals surface area contributed by atoms with E-state index in [4.69, 9.17) is 11.6 Å². The molecule has 1 saturated heterocycles. The second-order valence-electron chi connectivity index (χ2n) is 5.26. The zero-order chi connectivity index (χ0) is 13.4. The SMILES string of the molecule is Cc1cc2[nH]c(CN3CCC(F)CC3)cc2c(Cl)n1. The van der Waals surface area contributed by atoms with Crippen molar-refractivity contribution < 1.29 is 4.39 Å². The zero-order valence-corrected chi connectivity index (χ0v) is 11.7. The van der Waals surface area contributed by atoms with E-state index in [9.17, 15) is 4.39 Å². The normalized spacial score (nSPS) is 18.3. The van der Waals surface area contributed by atoms with Gasteiger partial charge in [-0.1, -0.05) is 11.6 Å². The van der Waals surface area contributed by atoms with Gasteiger partial charge in [0.25, 0.3) is 0 Å². The number of rotatable bonds is 2. The molecule has 0 aliphatic carbocycles. The van der Waals surface area contributed by atoms with E-state index in [0.717, 1.165) is 41.9 Å². The summed E-state index contributed by atoms with van der Waals surface area (Å²) in [6.07, 6.45) is 0.656. The Balaban J connectivity index is 1.80. The van der Waals surface area contributed by atoms with Gasteiger partial charge in [-0.25, -0.2) is 9.37 Å². The Hall–Kier alpha value is -1.13. The van der Waals surface area contributed by atoms with Crippen molar-refractivity contribution in [1.29, 1.82) is 0 Å². The van der Waals surface area contributed by atoms with Crippen LogP contribution in [0.25, 0.3) is 10.9 Å². The first-order chi connectivity index (χ1) is 9.11. The third-order valence-electron chi connectivity index (χ3n) is 3.67. The lowest BCUT2D eigenvalue weighted by molar-refractivity contribution is 0.144. The van der Waals surface area contributed by atoms with Gasteiger partial charge < -0.3 is 4.98 Å². The van der Waals surface area contributed by atoms with Crippen LogP contribution in [-0.4, -0.2) is 34.1 Å². The maximum Gasteiger partial charge on any atom is 0.138 e. The standard InChI is InChI=1S/C14H17ClFN3/c1-9-6-13-12(14(15)17-9)7-11(18-13)8-19-4-2-10(16)3-5-19/h6-7,10,18H,2-5,8H2,1H3. The maximum atomic E-state index is 13.1. The molecule has 3 heterocycles. The number of nitrogens with one attached hydrogen (secondary N) is 1. The van der Waals surface area contributed by atoms with Crippen molar-refractivity contribution in [1.82, 2.24) is 14.9 Å². The van der Waals surface area contributed by atoms with Crippen molar-refractivity contribution in [2.24, 2.45) is 0 Å². The number of nitrogens with zero attached hydrogens (tertiary/aromatic N) is 2. The van der Waals surface area contributed by atoms with E-state index in [2.05, 4.69) is 14.9 Å². The van der Waals surface area contributed by atoms with E-state index in [1.807, 2.05) is 19.1 Å². The van der Waals surface area contributed by atoms with Crippen LogP contribution in [0.3, 0.4) is 0 Å². The molecule has 19 heavy (non-hydrogen) atoms. The Morgan fingerprint density at radius 2 is 2.16 bits per heavy atom. The molecule has 1 aliphatic heterocycles. The number of alkyl halides is 1. The largest absolute Gasteiger partial charge is 0.357 e. The van der Waals surface area contributed by atoms with Crippen molar-refractivity contribution in [2.75, 3.05) is 13.1 Å².